The molecule has 0 saturated heterocycles. The Morgan fingerprint density at radius 1 is 1.00 bits per heavy atom. The van der Waals surface area contributed by atoms with Crippen LogP contribution >= 0.6 is 11.8 Å². The van der Waals surface area contributed by atoms with Gasteiger partial charge in [0.1, 0.15) is 0 Å². The molecule has 0 aromatic heterocycles. The Hall–Kier alpha value is -3.09. The number of aryl methyl sites for hydroxylation is 2. The molecule has 0 fully saturated rings. The normalized spacial score (nSPS) is 17.9. The summed E-state index contributed by atoms with van der Waals surface area (Å²) in [7, 11) is 1.86. The molecule has 1 N–H and O–H groups in total. The number of carbonyl (C=O) groups is 2. The first-order valence-electron chi connectivity index (χ1n) is 11.0. The Kier molecular flexibility index (Phi) is 7.16. The van der Waals surface area contributed by atoms with Gasteiger partial charge in [-0.05, 0) is 56.3 Å². The summed E-state index contributed by atoms with van der Waals surface area (Å²) in [6.07, 6.45) is -0.963. The van der Waals surface area contributed by atoms with Gasteiger partial charge in [0.05, 0.1) is 16.5 Å². The molecular formula is C27H28N2O3S. The third-order valence-electron chi connectivity index (χ3n) is 5.68. The van der Waals surface area contributed by atoms with Crippen LogP contribution in [0.3, 0.4) is 0 Å². The largest absolute Gasteiger partial charge is 0.447 e. The number of esters is 1. The van der Waals surface area contributed by atoms with Crippen LogP contribution in [0.25, 0.3) is 0 Å². The van der Waals surface area contributed by atoms with Crippen LogP contribution in [0.5, 0.6) is 0 Å². The maximum Gasteiger partial charge on any atom is 0.338 e. The molecule has 2 atom stereocenters. The molecule has 3 aromatic carbocycles. The summed E-state index contributed by atoms with van der Waals surface area (Å²) in [5.41, 5.74) is 4.48. The molecule has 5 nitrogen and oxygen atoms in total. The standard InChI is InChI=1S/C27H28N2O3S/c1-18-9-12-20(13-10-18)25-24(32-27(31)21-7-5-4-6-8-21)26(30)29(16-15-28-3)22-14-11-19(2)17-23(22)33-25/h4-14,17,24-25,28H,15-16H2,1-3H3. The smallest absolute Gasteiger partial charge is 0.338 e. The number of benzene rings is 3. The first kappa shape index (κ1) is 23.1. The Bertz CT molecular complexity index is 1130. The van der Waals surface area contributed by atoms with E-state index in [1.807, 2.05) is 63.4 Å². The number of hydrogen-bond acceptors (Lipinski definition) is 5. The van der Waals surface area contributed by atoms with Crippen molar-refractivity contribution in [1.29, 1.82) is 0 Å². The monoisotopic (exact) mass is 460 g/mol. The molecule has 0 spiro atoms. The first-order valence-corrected chi connectivity index (χ1v) is 11.9. The summed E-state index contributed by atoms with van der Waals surface area (Å²) < 4.78 is 5.97. The maximum absolute atomic E-state index is 13.9. The number of hydrogen-bond donors (Lipinski definition) is 1. The average Bonchev–Trinajstić information content (AvgIpc) is 2.93. The van der Waals surface area contributed by atoms with Crippen LogP contribution in [0.2, 0.25) is 0 Å². The van der Waals surface area contributed by atoms with Gasteiger partial charge in [0, 0.05) is 18.0 Å². The van der Waals surface area contributed by atoms with Crippen molar-refractivity contribution in [3.05, 3.63) is 95.1 Å². The van der Waals surface area contributed by atoms with E-state index in [4.69, 9.17) is 4.74 Å². The van der Waals surface area contributed by atoms with Crippen molar-refractivity contribution in [3.63, 3.8) is 0 Å². The number of rotatable bonds is 6. The minimum absolute atomic E-state index is 0.213. The molecule has 33 heavy (non-hydrogen) atoms. The lowest BCUT2D eigenvalue weighted by Crippen LogP contribution is -2.45. The zero-order valence-electron chi connectivity index (χ0n) is 19.1. The van der Waals surface area contributed by atoms with Gasteiger partial charge in [-0.2, -0.15) is 0 Å². The molecule has 3 aromatic rings. The molecule has 2 unspecified atom stereocenters. The van der Waals surface area contributed by atoms with E-state index in [2.05, 4.69) is 11.4 Å². The van der Waals surface area contributed by atoms with E-state index in [1.165, 1.54) is 0 Å². The number of thioether (sulfide) groups is 1. The fourth-order valence-electron chi connectivity index (χ4n) is 3.86. The molecule has 0 radical (unpaired) electrons. The summed E-state index contributed by atoms with van der Waals surface area (Å²) in [6, 6.07) is 23.0. The second kappa shape index (κ2) is 10.2. The molecule has 1 aliphatic heterocycles. The second-order valence-corrected chi connectivity index (χ2v) is 9.39. The topological polar surface area (TPSA) is 58.6 Å². The van der Waals surface area contributed by atoms with Crippen molar-refractivity contribution in [2.45, 2.75) is 30.1 Å². The van der Waals surface area contributed by atoms with Gasteiger partial charge in [-0.1, -0.05) is 54.1 Å². The third-order valence-corrected chi connectivity index (χ3v) is 7.03. The van der Waals surface area contributed by atoms with Crippen LogP contribution in [-0.2, 0) is 9.53 Å². The minimum Gasteiger partial charge on any atom is -0.447 e. The summed E-state index contributed by atoms with van der Waals surface area (Å²) in [4.78, 5) is 29.7. The predicted molar refractivity (Wildman–Crippen MR) is 133 cm³/mol. The number of carbonyl (C=O) groups excluding carboxylic acids is 2. The molecule has 1 amide bonds. The van der Waals surface area contributed by atoms with Crippen LogP contribution in [0, 0.1) is 13.8 Å². The zero-order chi connectivity index (χ0) is 23.4. The quantitative estimate of drug-likeness (QED) is 0.529. The van der Waals surface area contributed by atoms with Gasteiger partial charge < -0.3 is 15.0 Å². The molecule has 0 saturated carbocycles. The van der Waals surface area contributed by atoms with Crippen molar-refractivity contribution < 1.29 is 14.3 Å². The van der Waals surface area contributed by atoms with Crippen LogP contribution in [-0.4, -0.2) is 38.1 Å². The van der Waals surface area contributed by atoms with Gasteiger partial charge in [0.15, 0.2) is 6.10 Å². The molecule has 6 heteroatoms. The van der Waals surface area contributed by atoms with E-state index in [-0.39, 0.29) is 11.2 Å². The Morgan fingerprint density at radius 3 is 2.39 bits per heavy atom. The fourth-order valence-corrected chi connectivity index (χ4v) is 5.28. The van der Waals surface area contributed by atoms with E-state index >= 15 is 0 Å². The minimum atomic E-state index is -0.963. The van der Waals surface area contributed by atoms with Gasteiger partial charge in [0.25, 0.3) is 5.91 Å². The molecule has 1 aliphatic rings. The summed E-state index contributed by atoms with van der Waals surface area (Å²) in [5.74, 6) is -0.711. The third kappa shape index (κ3) is 5.13. The summed E-state index contributed by atoms with van der Waals surface area (Å²) >= 11 is 1.58. The van der Waals surface area contributed by atoms with E-state index in [0.717, 1.165) is 27.3 Å². The van der Waals surface area contributed by atoms with Crippen LogP contribution in [0.1, 0.15) is 32.3 Å². The SMILES string of the molecule is CNCCN1C(=O)C(OC(=O)c2ccccc2)C(c2ccc(C)cc2)Sc2cc(C)ccc21. The summed E-state index contributed by atoms with van der Waals surface area (Å²) in [6.45, 7) is 5.17. The van der Waals surface area contributed by atoms with Crippen molar-refractivity contribution >= 4 is 29.3 Å². The van der Waals surface area contributed by atoms with E-state index in [1.54, 1.807) is 40.9 Å². The zero-order valence-corrected chi connectivity index (χ0v) is 19.9. The van der Waals surface area contributed by atoms with E-state index < -0.39 is 12.1 Å². The Balaban J connectivity index is 1.79. The first-order chi connectivity index (χ1) is 16.0. The molecular weight excluding hydrogens is 432 g/mol. The molecule has 4 rings (SSSR count). The van der Waals surface area contributed by atoms with Gasteiger partial charge in [0.2, 0.25) is 0 Å². The lowest BCUT2D eigenvalue weighted by Gasteiger charge is -2.28. The number of amides is 1. The molecule has 0 aliphatic carbocycles. The number of anilines is 1. The molecule has 1 heterocycles. The lowest BCUT2D eigenvalue weighted by molar-refractivity contribution is -0.127. The number of likely N-dealkylation sites (N-methyl/N-ethyl adjacent to an activating group) is 1. The molecule has 0 bridgehead atoms. The molecule has 170 valence electrons. The van der Waals surface area contributed by atoms with Crippen molar-refractivity contribution in [1.82, 2.24) is 5.32 Å². The maximum atomic E-state index is 13.9. The fraction of sp³-hybridized carbons (Fsp3) is 0.259. The predicted octanol–water partition coefficient (Wildman–Crippen LogP) is 4.93. The van der Waals surface area contributed by atoms with Gasteiger partial charge in [-0.25, -0.2) is 4.79 Å². The Labute approximate surface area is 199 Å². The second-order valence-electron chi connectivity index (χ2n) is 8.21. The van der Waals surface area contributed by atoms with Crippen molar-refractivity contribution in [3.8, 4) is 0 Å². The highest BCUT2D eigenvalue weighted by Gasteiger charge is 2.41. The highest BCUT2D eigenvalue weighted by atomic mass is 32.2. The summed E-state index contributed by atoms with van der Waals surface area (Å²) in [5, 5.41) is 2.75. The Morgan fingerprint density at radius 2 is 1.70 bits per heavy atom. The van der Waals surface area contributed by atoms with E-state index in [9.17, 15) is 9.59 Å². The van der Waals surface area contributed by atoms with Gasteiger partial charge in [-0.3, -0.25) is 4.79 Å². The van der Waals surface area contributed by atoms with Crippen molar-refractivity contribution in [2.24, 2.45) is 0 Å². The highest BCUT2D eigenvalue weighted by molar-refractivity contribution is 7.99. The van der Waals surface area contributed by atoms with Crippen LogP contribution < -0.4 is 10.2 Å². The van der Waals surface area contributed by atoms with Gasteiger partial charge in [-0.15, -0.1) is 11.8 Å². The lowest BCUT2D eigenvalue weighted by atomic mass is 10.0. The average molecular weight is 461 g/mol. The van der Waals surface area contributed by atoms with E-state index in [0.29, 0.717) is 18.7 Å². The van der Waals surface area contributed by atoms with Crippen molar-refractivity contribution in [2.75, 3.05) is 25.0 Å². The van der Waals surface area contributed by atoms with Gasteiger partial charge >= 0.3 is 5.97 Å². The number of fused-ring (bicyclic) bond motifs is 1. The van der Waals surface area contributed by atoms with Crippen LogP contribution in [0.15, 0.2) is 77.7 Å². The number of ether oxygens (including phenoxy) is 1. The van der Waals surface area contributed by atoms with Crippen LogP contribution in [0.4, 0.5) is 5.69 Å². The highest BCUT2D eigenvalue weighted by Crippen LogP contribution is 2.47. The number of nitrogens with one attached hydrogen (secondary N) is 1. The number of nitrogens with zero attached hydrogens (tertiary/aromatic N) is 1.